The summed E-state index contributed by atoms with van der Waals surface area (Å²) in [5.74, 6) is 0.867. The van der Waals surface area contributed by atoms with Crippen molar-refractivity contribution in [3.05, 3.63) is 29.8 Å². The maximum Gasteiger partial charge on any atom is 0.416 e. The van der Waals surface area contributed by atoms with Crippen LogP contribution in [0.5, 0.6) is 5.75 Å². The fraction of sp³-hybridized carbons (Fsp3) is 0.588. The summed E-state index contributed by atoms with van der Waals surface area (Å²) in [6.45, 7) is 6.77. The third kappa shape index (κ3) is 8.11. The first-order valence-electron chi connectivity index (χ1n) is 8.29. The molecule has 0 saturated heterocycles. The normalized spacial score (nSPS) is 14.8. The first-order chi connectivity index (χ1) is 11.8. The third-order valence-corrected chi connectivity index (χ3v) is 3.42. The van der Waals surface area contributed by atoms with Gasteiger partial charge >= 0.3 is 6.18 Å². The van der Waals surface area contributed by atoms with Crippen molar-refractivity contribution in [2.75, 3.05) is 19.7 Å². The number of nitrogens with one attached hydrogen (secondary N) is 2. The Balaban J connectivity index is 2.50. The molecular formula is C17H26F3N3O2. The van der Waals surface area contributed by atoms with Crippen LogP contribution in [0.4, 0.5) is 13.2 Å². The molecule has 1 aromatic carbocycles. The first-order valence-corrected chi connectivity index (χ1v) is 8.29. The van der Waals surface area contributed by atoms with Gasteiger partial charge in [-0.05, 0) is 44.5 Å². The zero-order chi connectivity index (χ0) is 18.9. The molecule has 0 aliphatic carbocycles. The Morgan fingerprint density at radius 2 is 1.88 bits per heavy atom. The molecule has 25 heavy (non-hydrogen) atoms. The average Bonchev–Trinajstić information content (AvgIpc) is 2.57. The zero-order valence-corrected chi connectivity index (χ0v) is 14.7. The summed E-state index contributed by atoms with van der Waals surface area (Å²) >= 11 is 0. The molecule has 5 nitrogen and oxygen atoms in total. The van der Waals surface area contributed by atoms with Crippen molar-refractivity contribution >= 4 is 5.96 Å². The van der Waals surface area contributed by atoms with E-state index in [-0.39, 0.29) is 24.9 Å². The number of alkyl halides is 3. The summed E-state index contributed by atoms with van der Waals surface area (Å²) in [6, 6.07) is 4.59. The summed E-state index contributed by atoms with van der Waals surface area (Å²) in [7, 11) is 0. The van der Waals surface area contributed by atoms with Gasteiger partial charge in [-0.25, -0.2) is 0 Å². The van der Waals surface area contributed by atoms with Gasteiger partial charge in [-0.15, -0.1) is 0 Å². The van der Waals surface area contributed by atoms with Crippen LogP contribution in [0.25, 0.3) is 0 Å². The standard InChI is InChI=1S/C17H26F3N3O2/c1-4-12(3)23-16(21-5-2)22-10-14(24)11-25-15-8-6-13(7-9-15)17(18,19)20/h6-9,12,14,24H,4-5,10-11H2,1-3H3,(H2,21,22,23). The van der Waals surface area contributed by atoms with Crippen molar-refractivity contribution in [1.29, 1.82) is 0 Å². The number of aliphatic hydroxyl groups is 1. The second kappa shape index (κ2) is 10.1. The van der Waals surface area contributed by atoms with Crippen LogP contribution in [0.2, 0.25) is 0 Å². The molecule has 0 saturated carbocycles. The van der Waals surface area contributed by atoms with Gasteiger partial charge in [-0.2, -0.15) is 13.2 Å². The molecule has 2 unspecified atom stereocenters. The summed E-state index contributed by atoms with van der Waals surface area (Å²) in [5.41, 5.74) is -0.739. The molecule has 0 fully saturated rings. The van der Waals surface area contributed by atoms with E-state index in [1.165, 1.54) is 12.1 Å². The van der Waals surface area contributed by atoms with E-state index in [1.807, 2.05) is 20.8 Å². The molecule has 0 spiro atoms. The lowest BCUT2D eigenvalue weighted by Crippen LogP contribution is -2.42. The summed E-state index contributed by atoms with van der Waals surface area (Å²) < 4.78 is 42.7. The molecule has 2 atom stereocenters. The van der Waals surface area contributed by atoms with Crippen LogP contribution >= 0.6 is 0 Å². The van der Waals surface area contributed by atoms with E-state index in [9.17, 15) is 18.3 Å². The molecule has 1 aromatic rings. The highest BCUT2D eigenvalue weighted by Crippen LogP contribution is 2.30. The Morgan fingerprint density at radius 3 is 2.40 bits per heavy atom. The van der Waals surface area contributed by atoms with Gasteiger partial charge in [0.15, 0.2) is 5.96 Å². The molecule has 0 radical (unpaired) electrons. The Kier molecular flexibility index (Phi) is 8.54. The van der Waals surface area contributed by atoms with Crippen LogP contribution in [-0.4, -0.2) is 42.9 Å². The lowest BCUT2D eigenvalue weighted by molar-refractivity contribution is -0.137. The molecule has 1 rings (SSSR count). The van der Waals surface area contributed by atoms with E-state index >= 15 is 0 Å². The van der Waals surface area contributed by atoms with Gasteiger partial charge in [-0.3, -0.25) is 4.99 Å². The minimum absolute atomic E-state index is 0.0579. The van der Waals surface area contributed by atoms with Crippen molar-refractivity contribution < 1.29 is 23.0 Å². The van der Waals surface area contributed by atoms with Gasteiger partial charge in [0.1, 0.15) is 18.5 Å². The summed E-state index contributed by atoms with van der Waals surface area (Å²) in [4.78, 5) is 4.28. The Bertz CT molecular complexity index is 533. The number of rotatable bonds is 8. The highest BCUT2D eigenvalue weighted by molar-refractivity contribution is 5.80. The lowest BCUT2D eigenvalue weighted by Gasteiger charge is -2.17. The number of hydrogen-bond donors (Lipinski definition) is 3. The van der Waals surface area contributed by atoms with E-state index < -0.39 is 17.8 Å². The van der Waals surface area contributed by atoms with E-state index in [4.69, 9.17) is 4.74 Å². The van der Waals surface area contributed by atoms with Crippen LogP contribution in [0.1, 0.15) is 32.8 Å². The summed E-state index contributed by atoms with van der Waals surface area (Å²) in [6.07, 6.45) is -4.31. The van der Waals surface area contributed by atoms with Gasteiger partial charge in [0.2, 0.25) is 0 Å². The highest BCUT2D eigenvalue weighted by atomic mass is 19.4. The van der Waals surface area contributed by atoms with E-state index in [1.54, 1.807) is 0 Å². The van der Waals surface area contributed by atoms with E-state index in [0.717, 1.165) is 18.6 Å². The second-order valence-electron chi connectivity index (χ2n) is 5.66. The van der Waals surface area contributed by atoms with Crippen LogP contribution in [0.15, 0.2) is 29.3 Å². The molecule has 0 aliphatic rings. The molecule has 8 heteroatoms. The fourth-order valence-corrected chi connectivity index (χ4v) is 1.84. The maximum atomic E-state index is 12.5. The van der Waals surface area contributed by atoms with Crippen molar-refractivity contribution in [2.24, 2.45) is 4.99 Å². The Hall–Kier alpha value is -1.96. The number of halogens is 3. The Labute approximate surface area is 146 Å². The molecule has 0 bridgehead atoms. The topological polar surface area (TPSA) is 65.9 Å². The van der Waals surface area contributed by atoms with Gasteiger partial charge in [0.05, 0.1) is 12.1 Å². The summed E-state index contributed by atoms with van der Waals surface area (Å²) in [5, 5.41) is 16.2. The van der Waals surface area contributed by atoms with Crippen molar-refractivity contribution in [1.82, 2.24) is 10.6 Å². The molecule has 3 N–H and O–H groups in total. The number of nitrogens with zero attached hydrogens (tertiary/aromatic N) is 1. The molecular weight excluding hydrogens is 335 g/mol. The van der Waals surface area contributed by atoms with Crippen molar-refractivity contribution in [3.63, 3.8) is 0 Å². The molecule has 0 aliphatic heterocycles. The minimum atomic E-state index is -4.38. The minimum Gasteiger partial charge on any atom is -0.491 e. The van der Waals surface area contributed by atoms with Gasteiger partial charge < -0.3 is 20.5 Å². The fourth-order valence-electron chi connectivity index (χ4n) is 1.84. The van der Waals surface area contributed by atoms with Crippen LogP contribution in [0.3, 0.4) is 0 Å². The number of aliphatic imine (C=N–C) groups is 1. The number of ether oxygens (including phenoxy) is 1. The van der Waals surface area contributed by atoms with Crippen LogP contribution in [-0.2, 0) is 6.18 Å². The number of guanidine groups is 1. The predicted molar refractivity (Wildman–Crippen MR) is 91.8 cm³/mol. The first kappa shape index (κ1) is 21.1. The van der Waals surface area contributed by atoms with Crippen LogP contribution < -0.4 is 15.4 Å². The van der Waals surface area contributed by atoms with Crippen molar-refractivity contribution in [3.8, 4) is 5.75 Å². The lowest BCUT2D eigenvalue weighted by atomic mass is 10.2. The van der Waals surface area contributed by atoms with Gasteiger partial charge in [0, 0.05) is 12.6 Å². The largest absolute Gasteiger partial charge is 0.491 e. The zero-order valence-electron chi connectivity index (χ0n) is 14.7. The average molecular weight is 361 g/mol. The second-order valence-corrected chi connectivity index (χ2v) is 5.66. The molecule has 0 heterocycles. The maximum absolute atomic E-state index is 12.5. The van der Waals surface area contributed by atoms with Gasteiger partial charge in [-0.1, -0.05) is 6.92 Å². The predicted octanol–water partition coefficient (Wildman–Crippen LogP) is 2.80. The number of benzene rings is 1. The number of aliphatic hydroxyl groups excluding tert-OH is 1. The molecule has 0 amide bonds. The SMILES string of the molecule is CCNC(=NCC(O)COc1ccc(C(F)(F)F)cc1)NC(C)CC. The monoisotopic (exact) mass is 361 g/mol. The smallest absolute Gasteiger partial charge is 0.416 e. The molecule has 142 valence electrons. The quantitative estimate of drug-likeness (QED) is 0.492. The highest BCUT2D eigenvalue weighted by Gasteiger charge is 2.30. The van der Waals surface area contributed by atoms with E-state index in [0.29, 0.717) is 12.5 Å². The van der Waals surface area contributed by atoms with E-state index in [2.05, 4.69) is 15.6 Å². The number of hydrogen-bond acceptors (Lipinski definition) is 3. The van der Waals surface area contributed by atoms with Crippen molar-refractivity contribution in [2.45, 2.75) is 45.5 Å². The third-order valence-electron chi connectivity index (χ3n) is 3.42. The van der Waals surface area contributed by atoms with Crippen LogP contribution in [0, 0.1) is 0 Å². The van der Waals surface area contributed by atoms with Gasteiger partial charge in [0.25, 0.3) is 0 Å². The Morgan fingerprint density at radius 1 is 1.24 bits per heavy atom. The molecule has 0 aromatic heterocycles.